The van der Waals surface area contributed by atoms with Gasteiger partial charge in [-0.3, -0.25) is 4.79 Å². The van der Waals surface area contributed by atoms with Gasteiger partial charge in [0, 0.05) is 11.8 Å². The second kappa shape index (κ2) is 4.86. The molecule has 1 aromatic heterocycles. The smallest absolute Gasteiger partial charge is 0.169 e. The van der Waals surface area contributed by atoms with Crippen LogP contribution in [0.15, 0.2) is 5.38 Å². The molecule has 82 valence electrons. The van der Waals surface area contributed by atoms with Crippen molar-refractivity contribution in [3.63, 3.8) is 0 Å². The minimum atomic E-state index is 0.586. The summed E-state index contributed by atoms with van der Waals surface area (Å²) in [6, 6.07) is 0. The van der Waals surface area contributed by atoms with Gasteiger partial charge < -0.3 is 4.90 Å². The van der Waals surface area contributed by atoms with Gasteiger partial charge in [-0.2, -0.15) is 0 Å². The van der Waals surface area contributed by atoms with E-state index < -0.39 is 0 Å². The number of piperidine rings is 1. The molecule has 15 heavy (non-hydrogen) atoms. The first-order valence-electron chi connectivity index (χ1n) is 5.36. The number of nitrogens with zero attached hydrogens (tertiary/aromatic N) is 2. The third-order valence-corrected chi connectivity index (χ3v) is 3.88. The lowest BCUT2D eigenvalue weighted by molar-refractivity contribution is 0.111. The van der Waals surface area contributed by atoms with Crippen LogP contribution in [0.5, 0.6) is 0 Å². The van der Waals surface area contributed by atoms with Crippen molar-refractivity contribution in [3.8, 4) is 0 Å². The highest BCUT2D eigenvalue weighted by Gasteiger charge is 2.18. The van der Waals surface area contributed by atoms with Gasteiger partial charge in [-0.05, 0) is 38.9 Å². The van der Waals surface area contributed by atoms with E-state index in [1.165, 1.54) is 25.9 Å². The van der Waals surface area contributed by atoms with Gasteiger partial charge in [0.25, 0.3) is 0 Å². The molecule has 0 spiro atoms. The summed E-state index contributed by atoms with van der Waals surface area (Å²) in [5.41, 5.74) is 0.586. The van der Waals surface area contributed by atoms with E-state index in [0.29, 0.717) is 5.69 Å². The number of rotatable bonds is 3. The first kappa shape index (κ1) is 10.8. The molecule has 3 nitrogen and oxygen atoms in total. The molecule has 0 amide bonds. The van der Waals surface area contributed by atoms with Crippen LogP contribution in [0.4, 0.5) is 0 Å². The second-order valence-corrected chi connectivity index (χ2v) is 5.18. The van der Waals surface area contributed by atoms with E-state index in [4.69, 9.17) is 0 Å². The summed E-state index contributed by atoms with van der Waals surface area (Å²) in [6.07, 6.45) is 4.39. The number of thiazole rings is 1. The fraction of sp³-hybridized carbons (Fsp3) is 0.636. The Morgan fingerprint density at radius 3 is 2.93 bits per heavy atom. The van der Waals surface area contributed by atoms with E-state index in [0.717, 1.165) is 23.6 Å². The number of likely N-dealkylation sites (tertiary alicyclic amines) is 1. The van der Waals surface area contributed by atoms with Crippen LogP contribution in [0.3, 0.4) is 0 Å². The van der Waals surface area contributed by atoms with Crippen LogP contribution in [0.1, 0.15) is 28.3 Å². The number of hydrogen-bond donors (Lipinski definition) is 0. The van der Waals surface area contributed by atoms with Crippen LogP contribution in [0, 0.1) is 5.92 Å². The van der Waals surface area contributed by atoms with Crippen LogP contribution < -0.4 is 0 Å². The highest BCUT2D eigenvalue weighted by Crippen LogP contribution is 2.22. The Kier molecular flexibility index (Phi) is 3.49. The Hall–Kier alpha value is -0.740. The molecular formula is C11H16N2OS. The van der Waals surface area contributed by atoms with Crippen molar-refractivity contribution < 1.29 is 4.79 Å². The van der Waals surface area contributed by atoms with Gasteiger partial charge in [0.1, 0.15) is 5.69 Å². The van der Waals surface area contributed by atoms with Gasteiger partial charge in [-0.15, -0.1) is 11.3 Å². The van der Waals surface area contributed by atoms with E-state index in [9.17, 15) is 4.79 Å². The van der Waals surface area contributed by atoms with Crippen molar-refractivity contribution in [2.24, 2.45) is 5.92 Å². The van der Waals surface area contributed by atoms with Crippen molar-refractivity contribution in [1.82, 2.24) is 9.88 Å². The highest BCUT2D eigenvalue weighted by atomic mass is 32.1. The average Bonchev–Trinajstić information content (AvgIpc) is 2.69. The van der Waals surface area contributed by atoms with Crippen LogP contribution in [-0.2, 0) is 6.42 Å². The van der Waals surface area contributed by atoms with Crippen molar-refractivity contribution in [3.05, 3.63) is 16.1 Å². The maximum Gasteiger partial charge on any atom is 0.169 e. The molecule has 0 aliphatic carbocycles. The molecule has 1 saturated heterocycles. The third kappa shape index (κ3) is 2.86. The minimum absolute atomic E-state index is 0.586. The lowest BCUT2D eigenvalue weighted by atomic mass is 9.94. The molecule has 0 radical (unpaired) electrons. The zero-order chi connectivity index (χ0) is 10.7. The first-order chi connectivity index (χ1) is 7.28. The van der Waals surface area contributed by atoms with Gasteiger partial charge in [-0.1, -0.05) is 0 Å². The summed E-state index contributed by atoms with van der Waals surface area (Å²) in [5, 5.41) is 2.96. The standard InChI is InChI=1S/C11H16N2OS/c1-13-4-2-9(3-5-13)6-11-12-10(7-14)8-15-11/h7-9H,2-6H2,1H3. The monoisotopic (exact) mass is 224 g/mol. The van der Waals surface area contributed by atoms with Gasteiger partial charge in [-0.25, -0.2) is 4.98 Å². The summed E-state index contributed by atoms with van der Waals surface area (Å²) in [6.45, 7) is 2.38. The molecule has 0 unspecified atom stereocenters. The van der Waals surface area contributed by atoms with Crippen molar-refractivity contribution in [1.29, 1.82) is 0 Å². The lowest BCUT2D eigenvalue weighted by Crippen LogP contribution is -2.30. The molecule has 2 rings (SSSR count). The summed E-state index contributed by atoms with van der Waals surface area (Å²) in [5.74, 6) is 0.756. The molecule has 0 N–H and O–H groups in total. The summed E-state index contributed by atoms with van der Waals surface area (Å²) >= 11 is 1.61. The Morgan fingerprint density at radius 2 is 2.33 bits per heavy atom. The number of aromatic nitrogens is 1. The Morgan fingerprint density at radius 1 is 1.60 bits per heavy atom. The minimum Gasteiger partial charge on any atom is -0.306 e. The fourth-order valence-corrected chi connectivity index (χ4v) is 2.84. The predicted molar refractivity (Wildman–Crippen MR) is 61.4 cm³/mol. The van der Waals surface area contributed by atoms with E-state index in [1.54, 1.807) is 11.3 Å². The second-order valence-electron chi connectivity index (χ2n) is 4.23. The number of aldehydes is 1. The largest absolute Gasteiger partial charge is 0.306 e. The number of carbonyl (C=O) groups is 1. The Balaban J connectivity index is 1.88. The molecule has 0 bridgehead atoms. The normalized spacial score (nSPS) is 19.3. The molecular weight excluding hydrogens is 208 g/mol. The van der Waals surface area contributed by atoms with Crippen molar-refractivity contribution >= 4 is 17.6 Å². The van der Waals surface area contributed by atoms with Gasteiger partial charge in [0.15, 0.2) is 6.29 Å². The van der Waals surface area contributed by atoms with E-state index >= 15 is 0 Å². The van der Waals surface area contributed by atoms with Gasteiger partial charge in [0.05, 0.1) is 5.01 Å². The van der Waals surface area contributed by atoms with E-state index in [1.807, 2.05) is 5.38 Å². The molecule has 1 fully saturated rings. The molecule has 0 atom stereocenters. The van der Waals surface area contributed by atoms with E-state index in [-0.39, 0.29) is 0 Å². The highest BCUT2D eigenvalue weighted by molar-refractivity contribution is 7.09. The SMILES string of the molecule is CN1CCC(Cc2nc(C=O)cs2)CC1. The number of carbonyl (C=O) groups excluding carboxylic acids is 1. The van der Waals surface area contributed by atoms with Crippen LogP contribution >= 0.6 is 11.3 Å². The van der Waals surface area contributed by atoms with Crippen LogP contribution in [0.2, 0.25) is 0 Å². The summed E-state index contributed by atoms with van der Waals surface area (Å²) in [4.78, 5) is 17.1. The molecule has 4 heteroatoms. The molecule has 1 aromatic rings. The average molecular weight is 224 g/mol. The van der Waals surface area contributed by atoms with Crippen LogP contribution in [-0.4, -0.2) is 36.3 Å². The number of hydrogen-bond acceptors (Lipinski definition) is 4. The zero-order valence-corrected chi connectivity index (χ0v) is 9.80. The van der Waals surface area contributed by atoms with Crippen LogP contribution in [0.25, 0.3) is 0 Å². The molecule has 0 aromatic carbocycles. The maximum absolute atomic E-state index is 10.5. The van der Waals surface area contributed by atoms with E-state index in [2.05, 4.69) is 16.9 Å². The van der Waals surface area contributed by atoms with Gasteiger partial charge >= 0.3 is 0 Å². The molecule has 1 aliphatic rings. The topological polar surface area (TPSA) is 33.2 Å². The maximum atomic E-state index is 10.5. The molecule has 2 heterocycles. The van der Waals surface area contributed by atoms with Gasteiger partial charge in [0.2, 0.25) is 0 Å². The molecule has 1 aliphatic heterocycles. The quantitative estimate of drug-likeness (QED) is 0.735. The Labute approximate surface area is 94.1 Å². The summed E-state index contributed by atoms with van der Waals surface area (Å²) in [7, 11) is 2.17. The van der Waals surface area contributed by atoms with Crippen molar-refractivity contribution in [2.75, 3.05) is 20.1 Å². The van der Waals surface area contributed by atoms with Crippen molar-refractivity contribution in [2.45, 2.75) is 19.3 Å². The lowest BCUT2D eigenvalue weighted by Gasteiger charge is -2.28. The predicted octanol–water partition coefficient (Wildman–Crippen LogP) is 1.84. The zero-order valence-electron chi connectivity index (χ0n) is 8.98. The summed E-state index contributed by atoms with van der Waals surface area (Å²) < 4.78 is 0. The Bertz CT molecular complexity index is 329. The molecule has 0 saturated carbocycles. The first-order valence-corrected chi connectivity index (χ1v) is 6.24. The fourth-order valence-electron chi connectivity index (χ4n) is 1.99. The third-order valence-electron chi connectivity index (χ3n) is 2.99.